The number of benzene rings is 1. The Morgan fingerprint density at radius 2 is 2.05 bits per heavy atom. The van der Waals surface area contributed by atoms with Gasteiger partial charge in [-0.2, -0.15) is 0 Å². The van der Waals surface area contributed by atoms with Gasteiger partial charge in [-0.15, -0.1) is 0 Å². The van der Waals surface area contributed by atoms with Gasteiger partial charge in [0.15, 0.2) is 0 Å². The number of nitrogen functional groups attached to an aromatic ring is 1. The number of carbonyl (C=O) groups is 1. The van der Waals surface area contributed by atoms with Crippen LogP contribution >= 0.6 is 0 Å². The third kappa shape index (κ3) is 3.44. The molecule has 0 aliphatic rings. The van der Waals surface area contributed by atoms with Crippen LogP contribution in [0.25, 0.3) is 0 Å². The van der Waals surface area contributed by atoms with Gasteiger partial charge < -0.3 is 15.2 Å². The molecule has 1 aromatic heterocycles. The maximum Gasteiger partial charge on any atom is 0.341 e. The number of nitrogens with zero attached hydrogens (tertiary/aromatic N) is 1. The number of nitrogens with two attached hydrogens (primary N) is 1. The molecule has 21 heavy (non-hydrogen) atoms. The molecule has 110 valence electrons. The average Bonchev–Trinajstić information content (AvgIpc) is 2.48. The number of pyridine rings is 1. The minimum Gasteiger partial charge on any atom is -0.481 e. The van der Waals surface area contributed by atoms with E-state index in [-0.39, 0.29) is 12.3 Å². The topological polar surface area (TPSA) is 74.4 Å². The first kappa shape index (κ1) is 14.7. The average molecular weight is 294 g/mol. The summed E-state index contributed by atoms with van der Waals surface area (Å²) in [6.45, 7) is -0.193. The summed E-state index contributed by atoms with van der Waals surface area (Å²) in [5.74, 6) is -2.48. The van der Waals surface area contributed by atoms with E-state index in [0.29, 0.717) is 17.6 Å². The molecule has 2 N–H and O–H groups in total. The minimum atomic E-state index is -1.00. The van der Waals surface area contributed by atoms with Gasteiger partial charge in [0.2, 0.25) is 5.88 Å². The summed E-state index contributed by atoms with van der Waals surface area (Å²) >= 11 is 0. The fourth-order valence-corrected chi connectivity index (χ4v) is 1.59. The number of ether oxygens (including phenoxy) is 2. The van der Waals surface area contributed by atoms with E-state index >= 15 is 0 Å². The number of anilines is 1. The van der Waals surface area contributed by atoms with Gasteiger partial charge in [-0.1, -0.05) is 6.07 Å². The van der Waals surface area contributed by atoms with E-state index < -0.39 is 23.2 Å². The summed E-state index contributed by atoms with van der Waals surface area (Å²) in [4.78, 5) is 15.8. The maximum absolute atomic E-state index is 13.5. The molecule has 0 radical (unpaired) electrons. The first-order valence-corrected chi connectivity index (χ1v) is 5.93. The number of aromatic nitrogens is 1. The van der Waals surface area contributed by atoms with Crippen molar-refractivity contribution in [3.05, 3.63) is 53.2 Å². The molecule has 0 aliphatic heterocycles. The normalized spacial score (nSPS) is 10.2. The molecular weight excluding hydrogens is 282 g/mol. The van der Waals surface area contributed by atoms with Crippen LogP contribution < -0.4 is 10.5 Å². The van der Waals surface area contributed by atoms with Crippen molar-refractivity contribution in [2.24, 2.45) is 0 Å². The molecule has 0 bridgehead atoms. The van der Waals surface area contributed by atoms with E-state index in [2.05, 4.69) is 4.98 Å². The highest BCUT2D eigenvalue weighted by atomic mass is 19.1. The molecular formula is C14H12F2N2O3. The zero-order chi connectivity index (χ0) is 15.4. The van der Waals surface area contributed by atoms with Crippen LogP contribution in [0.15, 0.2) is 30.3 Å². The van der Waals surface area contributed by atoms with Gasteiger partial charge in [0.25, 0.3) is 0 Å². The molecule has 0 saturated carbocycles. The quantitative estimate of drug-likeness (QED) is 0.692. The number of halogens is 2. The van der Waals surface area contributed by atoms with Gasteiger partial charge in [-0.3, -0.25) is 0 Å². The van der Waals surface area contributed by atoms with Crippen LogP contribution in [0.3, 0.4) is 0 Å². The maximum atomic E-state index is 13.5. The molecule has 2 rings (SSSR count). The molecule has 2 aromatic rings. The van der Waals surface area contributed by atoms with E-state index in [1.54, 1.807) is 18.2 Å². The van der Waals surface area contributed by atoms with Gasteiger partial charge in [-0.05, 0) is 12.1 Å². The smallest absolute Gasteiger partial charge is 0.341 e. The number of esters is 1. The Labute approximate surface area is 119 Å². The number of hydrogen-bond donors (Lipinski definition) is 1. The van der Waals surface area contributed by atoms with E-state index in [1.165, 1.54) is 7.11 Å². The third-order valence-electron chi connectivity index (χ3n) is 2.65. The van der Waals surface area contributed by atoms with Crippen molar-refractivity contribution in [2.45, 2.75) is 6.61 Å². The van der Waals surface area contributed by atoms with Crippen molar-refractivity contribution in [1.29, 1.82) is 0 Å². The van der Waals surface area contributed by atoms with Crippen molar-refractivity contribution in [2.75, 3.05) is 12.8 Å². The fraction of sp³-hybridized carbons (Fsp3) is 0.143. The second-order valence-corrected chi connectivity index (χ2v) is 4.10. The summed E-state index contributed by atoms with van der Waals surface area (Å²) in [6.07, 6.45) is 0. The lowest BCUT2D eigenvalue weighted by atomic mass is 10.2. The predicted octanol–water partition coefficient (Wildman–Crippen LogP) is 2.31. The lowest BCUT2D eigenvalue weighted by Crippen LogP contribution is -2.10. The van der Waals surface area contributed by atoms with Crippen LogP contribution in [-0.4, -0.2) is 18.1 Å². The molecule has 5 nitrogen and oxygen atoms in total. The van der Waals surface area contributed by atoms with Crippen molar-refractivity contribution in [1.82, 2.24) is 4.98 Å². The Hall–Kier alpha value is -2.70. The largest absolute Gasteiger partial charge is 0.481 e. The Kier molecular flexibility index (Phi) is 4.32. The van der Waals surface area contributed by atoms with Crippen LogP contribution in [0.5, 0.6) is 5.88 Å². The number of methoxy groups -OCH3 is 1. The Bertz CT molecular complexity index is 677. The van der Waals surface area contributed by atoms with Crippen LogP contribution in [0.4, 0.5) is 14.5 Å². The van der Waals surface area contributed by atoms with Crippen molar-refractivity contribution >= 4 is 11.7 Å². The summed E-state index contributed by atoms with van der Waals surface area (Å²) in [5, 5.41) is 0. The second kappa shape index (κ2) is 6.17. The van der Waals surface area contributed by atoms with E-state index in [9.17, 15) is 13.6 Å². The van der Waals surface area contributed by atoms with Crippen LogP contribution in [0.2, 0.25) is 0 Å². The molecule has 0 amide bonds. The van der Waals surface area contributed by atoms with Crippen molar-refractivity contribution < 1.29 is 23.0 Å². The van der Waals surface area contributed by atoms with Gasteiger partial charge >= 0.3 is 5.97 Å². The van der Waals surface area contributed by atoms with Crippen molar-refractivity contribution in [3.8, 4) is 5.88 Å². The Morgan fingerprint density at radius 3 is 2.76 bits per heavy atom. The molecule has 1 heterocycles. The minimum absolute atomic E-state index is 0.193. The monoisotopic (exact) mass is 294 g/mol. The van der Waals surface area contributed by atoms with Gasteiger partial charge in [0.1, 0.15) is 18.2 Å². The van der Waals surface area contributed by atoms with Crippen LogP contribution in [-0.2, 0) is 11.3 Å². The molecule has 0 unspecified atom stereocenters. The number of carbonyl (C=O) groups excluding carboxylic acids is 1. The summed E-state index contributed by atoms with van der Waals surface area (Å²) < 4.78 is 36.6. The summed E-state index contributed by atoms with van der Waals surface area (Å²) in [5.41, 5.74) is 4.71. The first-order chi connectivity index (χ1) is 10.0. The molecule has 0 saturated heterocycles. The molecule has 0 aliphatic carbocycles. The molecule has 0 fully saturated rings. The first-order valence-electron chi connectivity index (χ1n) is 5.93. The molecule has 0 atom stereocenters. The molecule has 0 spiro atoms. The summed E-state index contributed by atoms with van der Waals surface area (Å²) in [7, 11) is 1.45. The molecule has 7 heteroatoms. The SMILES string of the molecule is COc1cccc(COC(=O)c2cc(F)c(N)cc2F)n1. The predicted molar refractivity (Wildman–Crippen MR) is 70.7 cm³/mol. The van der Waals surface area contributed by atoms with Crippen molar-refractivity contribution in [3.63, 3.8) is 0 Å². The lowest BCUT2D eigenvalue weighted by molar-refractivity contribution is 0.0461. The van der Waals surface area contributed by atoms with Crippen LogP contribution in [0, 0.1) is 11.6 Å². The highest BCUT2D eigenvalue weighted by Crippen LogP contribution is 2.18. The zero-order valence-electron chi connectivity index (χ0n) is 11.1. The number of hydrogen-bond acceptors (Lipinski definition) is 5. The Balaban J connectivity index is 2.10. The number of rotatable bonds is 4. The van der Waals surface area contributed by atoms with Gasteiger partial charge in [0.05, 0.1) is 24.1 Å². The third-order valence-corrected chi connectivity index (χ3v) is 2.65. The summed E-state index contributed by atoms with van der Waals surface area (Å²) in [6, 6.07) is 6.33. The van der Waals surface area contributed by atoms with E-state index in [1.807, 2.05) is 0 Å². The van der Waals surface area contributed by atoms with E-state index in [4.69, 9.17) is 15.2 Å². The van der Waals surface area contributed by atoms with Crippen LogP contribution in [0.1, 0.15) is 16.1 Å². The van der Waals surface area contributed by atoms with Gasteiger partial charge in [0, 0.05) is 12.1 Å². The fourth-order valence-electron chi connectivity index (χ4n) is 1.59. The standard InChI is InChI=1S/C14H12F2N2O3/c1-20-13-4-2-3-8(18-13)7-21-14(19)9-5-11(16)12(17)6-10(9)15/h2-6H,7,17H2,1H3. The lowest BCUT2D eigenvalue weighted by Gasteiger charge is -2.07. The zero-order valence-corrected chi connectivity index (χ0v) is 11.1. The van der Waals surface area contributed by atoms with E-state index in [0.717, 1.165) is 6.07 Å². The molecule has 1 aromatic carbocycles. The Morgan fingerprint density at radius 1 is 1.29 bits per heavy atom. The second-order valence-electron chi connectivity index (χ2n) is 4.10. The highest BCUT2D eigenvalue weighted by Gasteiger charge is 2.16. The highest BCUT2D eigenvalue weighted by molar-refractivity contribution is 5.90. The van der Waals surface area contributed by atoms with Gasteiger partial charge in [-0.25, -0.2) is 18.6 Å².